The molecule has 4 aromatic rings. The van der Waals surface area contributed by atoms with E-state index in [0.717, 1.165) is 33.5 Å². The van der Waals surface area contributed by atoms with Crippen molar-refractivity contribution in [3.05, 3.63) is 86.1 Å². The van der Waals surface area contributed by atoms with E-state index in [0.29, 0.717) is 42.6 Å². The molecule has 39 heavy (non-hydrogen) atoms. The Balaban J connectivity index is 1.25. The molecule has 2 amide bonds. The SMILES string of the molecule is CCOCC(=O)N1C[C@H](c2n[nH]c(=O)s2)[C@H](NC(=O)c2ccc(OCc3cc(C)nc4ccccc34)cc2)C1. The standard InChI is InChI=1S/C28H29N5O5S/c1-3-37-16-25(34)33-13-22(27-31-32-28(36)39-27)24(14-33)30-26(35)18-8-10-20(11-9-18)38-15-19-12-17(2)29-23-7-5-4-6-21(19)23/h4-12,22,24H,3,13-16H2,1-2H3,(H,30,35)(H,32,36)/t22-,24+/m0/s1. The lowest BCUT2D eigenvalue weighted by molar-refractivity contribution is -0.135. The number of aromatic nitrogens is 3. The fourth-order valence-corrected chi connectivity index (χ4v) is 5.48. The summed E-state index contributed by atoms with van der Waals surface area (Å²) in [6.07, 6.45) is 0. The van der Waals surface area contributed by atoms with Gasteiger partial charge in [0.15, 0.2) is 0 Å². The Hall–Kier alpha value is -4.09. The number of aryl methyl sites for hydroxylation is 1. The van der Waals surface area contributed by atoms with Crippen LogP contribution in [0.25, 0.3) is 10.9 Å². The molecule has 2 atom stereocenters. The van der Waals surface area contributed by atoms with Gasteiger partial charge < -0.3 is 19.7 Å². The number of aromatic amines is 1. The molecular formula is C28H29N5O5S. The maximum absolute atomic E-state index is 13.1. The van der Waals surface area contributed by atoms with Crippen molar-refractivity contribution in [2.75, 3.05) is 26.3 Å². The summed E-state index contributed by atoms with van der Waals surface area (Å²) in [4.78, 5) is 43.3. The zero-order valence-corrected chi connectivity index (χ0v) is 22.5. The average Bonchev–Trinajstić information content (AvgIpc) is 3.56. The van der Waals surface area contributed by atoms with Gasteiger partial charge in [0.1, 0.15) is 24.0 Å². The van der Waals surface area contributed by atoms with Crippen LogP contribution in [0, 0.1) is 6.92 Å². The molecule has 11 heteroatoms. The molecule has 1 aliphatic heterocycles. The summed E-state index contributed by atoms with van der Waals surface area (Å²) in [7, 11) is 0. The molecule has 5 rings (SSSR count). The highest BCUT2D eigenvalue weighted by Gasteiger charge is 2.39. The van der Waals surface area contributed by atoms with E-state index in [-0.39, 0.29) is 29.2 Å². The lowest BCUT2D eigenvalue weighted by atomic mass is 10.0. The number of ether oxygens (including phenoxy) is 2. The normalized spacial score (nSPS) is 16.9. The van der Waals surface area contributed by atoms with Crippen LogP contribution in [0.15, 0.2) is 59.4 Å². The number of para-hydroxylation sites is 1. The highest BCUT2D eigenvalue weighted by molar-refractivity contribution is 7.08. The Kier molecular flexibility index (Phi) is 7.99. The summed E-state index contributed by atoms with van der Waals surface area (Å²) >= 11 is 0.987. The molecule has 1 saturated heterocycles. The number of pyridine rings is 1. The first kappa shape index (κ1) is 26.5. The van der Waals surface area contributed by atoms with Crippen molar-refractivity contribution in [3.63, 3.8) is 0 Å². The number of likely N-dealkylation sites (tertiary alicyclic amines) is 1. The second kappa shape index (κ2) is 11.7. The van der Waals surface area contributed by atoms with Crippen molar-refractivity contribution < 1.29 is 19.1 Å². The molecule has 2 N–H and O–H groups in total. The molecule has 3 heterocycles. The van der Waals surface area contributed by atoms with Crippen molar-refractivity contribution in [1.29, 1.82) is 0 Å². The Morgan fingerprint density at radius 1 is 1.15 bits per heavy atom. The molecular weight excluding hydrogens is 518 g/mol. The van der Waals surface area contributed by atoms with Crippen LogP contribution in [0.4, 0.5) is 0 Å². The zero-order chi connectivity index (χ0) is 27.4. The minimum atomic E-state index is -0.402. The van der Waals surface area contributed by atoms with Gasteiger partial charge in [-0.1, -0.05) is 29.5 Å². The van der Waals surface area contributed by atoms with Crippen LogP contribution in [0.3, 0.4) is 0 Å². The summed E-state index contributed by atoms with van der Waals surface area (Å²) in [6.45, 7) is 5.20. The Morgan fingerprint density at radius 2 is 1.95 bits per heavy atom. The van der Waals surface area contributed by atoms with Gasteiger partial charge in [-0.25, -0.2) is 5.10 Å². The maximum atomic E-state index is 13.1. The molecule has 0 unspecified atom stereocenters. The topological polar surface area (TPSA) is 127 Å². The van der Waals surface area contributed by atoms with Gasteiger partial charge in [-0.3, -0.25) is 19.4 Å². The van der Waals surface area contributed by atoms with E-state index < -0.39 is 6.04 Å². The number of fused-ring (bicyclic) bond motifs is 1. The number of nitrogens with zero attached hydrogens (tertiary/aromatic N) is 3. The van der Waals surface area contributed by atoms with Crippen LogP contribution >= 0.6 is 11.3 Å². The number of benzene rings is 2. The molecule has 2 aromatic heterocycles. The summed E-state index contributed by atoms with van der Waals surface area (Å²) in [6, 6.07) is 16.5. The molecule has 202 valence electrons. The van der Waals surface area contributed by atoms with Gasteiger partial charge in [-0.15, -0.1) is 0 Å². The van der Waals surface area contributed by atoms with Gasteiger partial charge in [-0.05, 0) is 50.2 Å². The van der Waals surface area contributed by atoms with Gasteiger partial charge in [0.05, 0.1) is 17.5 Å². The van der Waals surface area contributed by atoms with E-state index in [1.165, 1.54) is 0 Å². The van der Waals surface area contributed by atoms with Crippen LogP contribution < -0.4 is 14.9 Å². The first-order valence-electron chi connectivity index (χ1n) is 12.7. The predicted octanol–water partition coefficient (Wildman–Crippen LogP) is 3.03. The molecule has 0 bridgehead atoms. The maximum Gasteiger partial charge on any atom is 0.322 e. The molecule has 1 aliphatic rings. The Labute approximate surface area is 229 Å². The first-order chi connectivity index (χ1) is 18.9. The molecule has 0 radical (unpaired) electrons. The lowest BCUT2D eigenvalue weighted by Gasteiger charge is -2.18. The van der Waals surface area contributed by atoms with Gasteiger partial charge >= 0.3 is 4.87 Å². The quantitative estimate of drug-likeness (QED) is 0.330. The van der Waals surface area contributed by atoms with Crippen molar-refractivity contribution in [3.8, 4) is 5.75 Å². The number of H-pyrrole nitrogens is 1. The number of hydrogen-bond acceptors (Lipinski definition) is 8. The minimum Gasteiger partial charge on any atom is -0.489 e. The largest absolute Gasteiger partial charge is 0.489 e. The van der Waals surface area contributed by atoms with Crippen LogP contribution in [-0.2, 0) is 16.1 Å². The van der Waals surface area contributed by atoms with E-state index in [1.807, 2.05) is 44.2 Å². The Morgan fingerprint density at radius 3 is 2.69 bits per heavy atom. The highest BCUT2D eigenvalue weighted by atomic mass is 32.1. The van der Waals surface area contributed by atoms with Crippen LogP contribution in [0.1, 0.15) is 39.5 Å². The minimum absolute atomic E-state index is 0.0308. The van der Waals surface area contributed by atoms with Crippen LogP contribution in [0.2, 0.25) is 0 Å². The lowest BCUT2D eigenvalue weighted by Crippen LogP contribution is -2.41. The summed E-state index contributed by atoms with van der Waals surface area (Å²) < 4.78 is 11.3. The van der Waals surface area contributed by atoms with E-state index in [4.69, 9.17) is 9.47 Å². The fraction of sp³-hybridized carbons (Fsp3) is 0.321. The second-order valence-corrected chi connectivity index (χ2v) is 10.3. The molecule has 0 spiro atoms. The highest BCUT2D eigenvalue weighted by Crippen LogP contribution is 2.28. The first-order valence-corrected chi connectivity index (χ1v) is 13.5. The van der Waals surface area contributed by atoms with Crippen molar-refractivity contribution in [2.45, 2.75) is 32.4 Å². The predicted molar refractivity (Wildman–Crippen MR) is 147 cm³/mol. The summed E-state index contributed by atoms with van der Waals surface area (Å²) in [5.74, 6) is -0.114. The number of carbonyl (C=O) groups excluding carboxylic acids is 2. The molecule has 0 saturated carbocycles. The fourth-order valence-electron chi connectivity index (χ4n) is 4.71. The van der Waals surface area contributed by atoms with E-state index >= 15 is 0 Å². The second-order valence-electron chi connectivity index (χ2n) is 9.33. The Bertz CT molecular complexity index is 1530. The number of carbonyl (C=O) groups is 2. The average molecular weight is 548 g/mol. The van der Waals surface area contributed by atoms with Crippen LogP contribution in [-0.4, -0.2) is 64.2 Å². The number of hydrogen-bond donors (Lipinski definition) is 2. The number of rotatable bonds is 9. The third-order valence-corrected chi connectivity index (χ3v) is 7.51. The van der Waals surface area contributed by atoms with E-state index in [1.54, 1.807) is 29.2 Å². The van der Waals surface area contributed by atoms with Gasteiger partial charge in [0.2, 0.25) is 5.91 Å². The molecule has 10 nitrogen and oxygen atoms in total. The third-order valence-electron chi connectivity index (χ3n) is 6.63. The molecule has 1 fully saturated rings. The third kappa shape index (κ3) is 6.15. The van der Waals surface area contributed by atoms with Crippen molar-refractivity contribution >= 4 is 34.1 Å². The summed E-state index contributed by atoms with van der Waals surface area (Å²) in [5, 5.41) is 11.2. The molecule has 2 aromatic carbocycles. The zero-order valence-electron chi connectivity index (χ0n) is 21.7. The van der Waals surface area contributed by atoms with E-state index in [2.05, 4.69) is 20.5 Å². The monoisotopic (exact) mass is 547 g/mol. The van der Waals surface area contributed by atoms with Gasteiger partial charge in [0.25, 0.3) is 5.91 Å². The molecule has 0 aliphatic carbocycles. The van der Waals surface area contributed by atoms with E-state index in [9.17, 15) is 14.4 Å². The summed E-state index contributed by atoms with van der Waals surface area (Å²) in [5.41, 5.74) is 3.34. The smallest absolute Gasteiger partial charge is 0.322 e. The number of amides is 2. The van der Waals surface area contributed by atoms with Gasteiger partial charge in [-0.2, -0.15) is 5.10 Å². The van der Waals surface area contributed by atoms with Crippen molar-refractivity contribution in [1.82, 2.24) is 25.4 Å². The van der Waals surface area contributed by atoms with Crippen LogP contribution in [0.5, 0.6) is 5.75 Å². The number of nitrogens with one attached hydrogen (secondary N) is 2. The van der Waals surface area contributed by atoms with Gasteiger partial charge in [0, 0.05) is 41.9 Å². The van der Waals surface area contributed by atoms with Crippen molar-refractivity contribution in [2.24, 2.45) is 0 Å².